The van der Waals surface area contributed by atoms with Crippen molar-refractivity contribution in [3.8, 4) is 23.1 Å². The third kappa shape index (κ3) is 9.73. The molecule has 5 aliphatic heterocycles. The Morgan fingerprint density at radius 2 is 1.63 bits per heavy atom. The SMILES string of the molecule is CC(=O)N1CCc2c(c(N3CCCc4cc(-c5cnn(C)c5)ccc43)nn2C2CCN(C)CC2)C1.N#Cc1ccc(N2CCC3(CCN(c4ccc(OC5CCCCC5)nn4)CC3)C2)cc1Cl. The molecule has 11 rings (SSSR count). The van der Waals surface area contributed by atoms with Gasteiger partial charge in [0.15, 0.2) is 11.6 Å². The van der Waals surface area contributed by atoms with Gasteiger partial charge in [0.05, 0.1) is 29.4 Å². The van der Waals surface area contributed by atoms with E-state index in [0.29, 0.717) is 40.6 Å². The van der Waals surface area contributed by atoms with Crippen molar-refractivity contribution in [1.29, 1.82) is 5.26 Å². The van der Waals surface area contributed by atoms with E-state index in [0.717, 1.165) is 133 Å². The highest BCUT2D eigenvalue weighted by Crippen LogP contribution is 2.44. The number of hydrogen-bond acceptors (Lipinski definition) is 11. The van der Waals surface area contributed by atoms with Gasteiger partial charge in [-0.25, -0.2) is 0 Å². The number of nitriles is 1. The maximum Gasteiger partial charge on any atom is 0.233 e. The number of nitrogens with zero attached hydrogens (tertiary/aromatic N) is 12. The number of benzene rings is 2. The Morgan fingerprint density at radius 1 is 0.836 bits per heavy atom. The van der Waals surface area contributed by atoms with E-state index >= 15 is 0 Å². The van der Waals surface area contributed by atoms with Gasteiger partial charge in [-0.2, -0.15) is 15.5 Å². The summed E-state index contributed by atoms with van der Waals surface area (Å²) in [6.07, 6.45) is 19.2. The van der Waals surface area contributed by atoms with Gasteiger partial charge in [-0.05, 0) is 144 Å². The molecule has 8 heterocycles. The number of likely N-dealkylation sites (tertiary alicyclic amines) is 1. The minimum atomic E-state index is 0.147. The van der Waals surface area contributed by atoms with Crippen LogP contribution in [0, 0.1) is 16.7 Å². The summed E-state index contributed by atoms with van der Waals surface area (Å²) in [5.74, 6) is 2.81. The highest BCUT2D eigenvalue weighted by Gasteiger charge is 2.41. The standard InChI is InChI=1S/C27H35N7O.C25H30ClN5O/c1-19(35)32-14-10-26-24(18-32)27(29-34(26)23-8-12-30(2)13-9-23)33-11-4-5-21-15-20(6-7-25(21)33)22-16-28-31(3)17-22;26-22-16-20(7-6-19(22)17-27)31-15-12-25(18-31)10-13-30(14-11-25)23-8-9-24(29-28-23)32-21-4-2-1-3-5-21/h6-7,15-17,23H,4-5,8-14,18H2,1-3H3;6-9,16,21H,1-5,10-15,18H2. The summed E-state index contributed by atoms with van der Waals surface area (Å²) in [5, 5.41) is 28.1. The van der Waals surface area contributed by atoms with Crippen LogP contribution in [0.1, 0.15) is 106 Å². The summed E-state index contributed by atoms with van der Waals surface area (Å²) in [6, 6.07) is 19.2. The van der Waals surface area contributed by atoms with Crippen LogP contribution in [0.4, 0.5) is 23.0 Å². The molecule has 4 fully saturated rings. The average Bonchev–Trinajstić information content (AvgIpc) is 4.09. The van der Waals surface area contributed by atoms with Crippen molar-refractivity contribution in [3.63, 3.8) is 0 Å². The Morgan fingerprint density at radius 3 is 2.33 bits per heavy atom. The number of ether oxygens (including phenoxy) is 1. The van der Waals surface area contributed by atoms with Crippen LogP contribution in [0.5, 0.6) is 5.88 Å². The summed E-state index contributed by atoms with van der Waals surface area (Å²) in [4.78, 5) is 23.9. The number of hydrogen-bond donors (Lipinski definition) is 0. The van der Waals surface area contributed by atoms with Crippen molar-refractivity contribution in [2.24, 2.45) is 12.5 Å². The molecule has 3 aromatic heterocycles. The molecule has 0 N–H and O–H groups in total. The number of amides is 1. The lowest BCUT2D eigenvalue weighted by atomic mass is 9.78. The lowest BCUT2D eigenvalue weighted by Crippen LogP contribution is -2.42. The number of carbonyl (C=O) groups excluding carboxylic acids is 1. The van der Waals surface area contributed by atoms with Crippen LogP contribution in [0.2, 0.25) is 5.02 Å². The molecule has 6 aliphatic rings. The van der Waals surface area contributed by atoms with E-state index in [9.17, 15) is 4.79 Å². The first kappa shape index (κ1) is 45.1. The minimum absolute atomic E-state index is 0.147. The van der Waals surface area contributed by atoms with Crippen molar-refractivity contribution in [2.75, 3.05) is 74.1 Å². The maximum atomic E-state index is 12.3. The highest BCUT2D eigenvalue weighted by molar-refractivity contribution is 6.32. The summed E-state index contributed by atoms with van der Waals surface area (Å²) in [5.41, 5.74) is 9.55. The number of fused-ring (bicyclic) bond motifs is 2. The Bertz CT molecular complexity index is 2580. The van der Waals surface area contributed by atoms with Gasteiger partial charge in [-0.15, -0.1) is 10.2 Å². The van der Waals surface area contributed by atoms with Gasteiger partial charge in [0.25, 0.3) is 0 Å². The van der Waals surface area contributed by atoms with Gasteiger partial charge < -0.3 is 29.2 Å². The fraction of sp³-hybridized carbons (Fsp3) is 0.538. The molecule has 1 amide bonds. The quantitative estimate of drug-likeness (QED) is 0.156. The van der Waals surface area contributed by atoms with Crippen LogP contribution in [0.15, 0.2) is 60.9 Å². The first-order valence-corrected chi connectivity index (χ1v) is 25.1. The zero-order valence-corrected chi connectivity index (χ0v) is 40.3. The lowest BCUT2D eigenvalue weighted by molar-refractivity contribution is -0.129. The van der Waals surface area contributed by atoms with Crippen molar-refractivity contribution in [3.05, 3.63) is 88.3 Å². The molecule has 1 aliphatic carbocycles. The van der Waals surface area contributed by atoms with Crippen molar-refractivity contribution in [2.45, 2.75) is 109 Å². The second-order valence-corrected chi connectivity index (χ2v) is 20.4. The molecule has 5 aromatic rings. The van der Waals surface area contributed by atoms with Crippen LogP contribution in [0.25, 0.3) is 11.1 Å². The number of halogens is 1. The summed E-state index contributed by atoms with van der Waals surface area (Å²) in [7, 11) is 4.16. The summed E-state index contributed by atoms with van der Waals surface area (Å²) >= 11 is 6.26. The smallest absolute Gasteiger partial charge is 0.233 e. The molecule has 14 nitrogen and oxygen atoms in total. The average molecular weight is 926 g/mol. The number of piperidine rings is 2. The van der Waals surface area contributed by atoms with Crippen LogP contribution in [0.3, 0.4) is 0 Å². The third-order valence-corrected chi connectivity index (χ3v) is 15.8. The molecule has 3 saturated heterocycles. The first-order valence-electron chi connectivity index (χ1n) is 24.8. The molecule has 352 valence electrons. The molecule has 1 spiro atoms. The highest BCUT2D eigenvalue weighted by atomic mass is 35.5. The van der Waals surface area contributed by atoms with Gasteiger partial charge in [0.1, 0.15) is 12.2 Å². The zero-order valence-electron chi connectivity index (χ0n) is 39.5. The van der Waals surface area contributed by atoms with E-state index < -0.39 is 0 Å². The van der Waals surface area contributed by atoms with Crippen molar-refractivity contribution in [1.82, 2.24) is 39.6 Å². The number of rotatable bonds is 7. The van der Waals surface area contributed by atoms with E-state index in [4.69, 9.17) is 26.7 Å². The van der Waals surface area contributed by atoms with Crippen LogP contribution < -0.4 is 19.4 Å². The molecular weight excluding hydrogens is 860 g/mol. The molecule has 67 heavy (non-hydrogen) atoms. The molecular formula is C52H65ClN12O2. The maximum absolute atomic E-state index is 12.3. The zero-order chi connectivity index (χ0) is 46.1. The van der Waals surface area contributed by atoms with Crippen LogP contribution in [-0.2, 0) is 31.2 Å². The summed E-state index contributed by atoms with van der Waals surface area (Å²) < 4.78 is 10.2. The topological polar surface area (TPSA) is 128 Å². The van der Waals surface area contributed by atoms with Gasteiger partial charge in [0, 0.05) is 100 Å². The lowest BCUT2D eigenvalue weighted by Gasteiger charge is -2.39. The van der Waals surface area contributed by atoms with E-state index in [1.54, 1.807) is 6.92 Å². The second-order valence-electron chi connectivity index (χ2n) is 20.0. The number of aryl methyl sites for hydroxylation is 2. The van der Waals surface area contributed by atoms with Gasteiger partial charge >= 0.3 is 0 Å². The monoisotopic (exact) mass is 925 g/mol. The van der Waals surface area contributed by atoms with Crippen LogP contribution in [-0.4, -0.2) is 111 Å². The predicted molar refractivity (Wildman–Crippen MR) is 263 cm³/mol. The fourth-order valence-corrected chi connectivity index (χ4v) is 11.7. The van der Waals surface area contributed by atoms with E-state index in [1.807, 2.05) is 47.1 Å². The van der Waals surface area contributed by atoms with E-state index in [1.165, 1.54) is 53.8 Å². The molecule has 0 bridgehead atoms. The third-order valence-electron chi connectivity index (χ3n) is 15.5. The van der Waals surface area contributed by atoms with Gasteiger partial charge in [-0.3, -0.25) is 14.2 Å². The first-order chi connectivity index (χ1) is 32.6. The largest absolute Gasteiger partial charge is 0.473 e. The molecule has 0 radical (unpaired) electrons. The Hall–Kier alpha value is -5.65. The Labute approximate surface area is 400 Å². The molecule has 0 unspecified atom stereocenters. The number of anilines is 4. The molecule has 0 atom stereocenters. The fourth-order valence-electron chi connectivity index (χ4n) is 11.5. The predicted octanol–water partition coefficient (Wildman–Crippen LogP) is 8.75. The second kappa shape index (κ2) is 19.5. The number of carbonyl (C=O) groups is 1. The molecule has 15 heteroatoms. The van der Waals surface area contributed by atoms with Gasteiger partial charge in [-0.1, -0.05) is 24.1 Å². The van der Waals surface area contributed by atoms with Crippen molar-refractivity contribution >= 4 is 40.5 Å². The minimum Gasteiger partial charge on any atom is -0.473 e. The summed E-state index contributed by atoms with van der Waals surface area (Å²) in [6.45, 7) is 10.4. The normalized spacial score (nSPS) is 20.0. The van der Waals surface area contributed by atoms with Gasteiger partial charge in [0.2, 0.25) is 11.8 Å². The number of aromatic nitrogens is 6. The Kier molecular flexibility index (Phi) is 13.2. The van der Waals surface area contributed by atoms with E-state index in [2.05, 4.69) is 83.2 Å². The van der Waals surface area contributed by atoms with E-state index in [-0.39, 0.29) is 5.91 Å². The van der Waals surface area contributed by atoms with Crippen LogP contribution >= 0.6 is 11.6 Å². The molecule has 1 saturated carbocycles. The Balaban J connectivity index is 0.000000157. The van der Waals surface area contributed by atoms with Crippen molar-refractivity contribution < 1.29 is 9.53 Å². The molecule has 2 aromatic carbocycles.